The van der Waals surface area contributed by atoms with Gasteiger partial charge in [-0.15, -0.1) is 0 Å². The summed E-state index contributed by atoms with van der Waals surface area (Å²) in [7, 11) is -3.39. The molecule has 1 unspecified atom stereocenters. The predicted molar refractivity (Wildman–Crippen MR) is 73.3 cm³/mol. The Bertz CT molecular complexity index is 377. The van der Waals surface area contributed by atoms with Gasteiger partial charge in [0, 0.05) is 19.1 Å². The minimum Gasteiger partial charge on any atom is -0.466 e. The first-order valence-electron chi connectivity index (χ1n) is 6.87. The van der Waals surface area contributed by atoms with Crippen molar-refractivity contribution in [1.29, 1.82) is 0 Å². The van der Waals surface area contributed by atoms with E-state index in [0.717, 1.165) is 19.4 Å². The number of hydrogen-bond acceptors (Lipinski definition) is 5. The number of nitrogens with zero attached hydrogens (tertiary/aromatic N) is 1. The van der Waals surface area contributed by atoms with Crippen LogP contribution in [0, 0.1) is 0 Å². The molecule has 0 spiro atoms. The first kappa shape index (κ1) is 16.4. The standard InChI is InChI=1S/C12H24N2O4S/c1-3-8-14(11-5-7-13-10-11)19(16,17)9-6-12(15)18-4-2/h11,13H,3-10H2,1-2H3. The number of carbonyl (C=O) groups is 1. The molecule has 0 aromatic carbocycles. The van der Waals surface area contributed by atoms with E-state index in [1.807, 2.05) is 6.92 Å². The van der Waals surface area contributed by atoms with Crippen LogP contribution in [0.15, 0.2) is 0 Å². The molecular formula is C12H24N2O4S. The molecule has 0 aliphatic carbocycles. The van der Waals surface area contributed by atoms with Gasteiger partial charge in [-0.3, -0.25) is 4.79 Å². The SMILES string of the molecule is CCCN(C1CCNC1)S(=O)(=O)CCC(=O)OCC. The Labute approximate surface area is 115 Å². The summed E-state index contributed by atoms with van der Waals surface area (Å²) in [5.41, 5.74) is 0. The van der Waals surface area contributed by atoms with Crippen LogP contribution in [0.25, 0.3) is 0 Å². The Morgan fingerprint density at radius 2 is 2.16 bits per heavy atom. The monoisotopic (exact) mass is 292 g/mol. The number of ether oxygens (including phenoxy) is 1. The molecule has 1 fully saturated rings. The molecule has 19 heavy (non-hydrogen) atoms. The van der Waals surface area contributed by atoms with Crippen LogP contribution in [0.2, 0.25) is 0 Å². The Morgan fingerprint density at radius 1 is 1.42 bits per heavy atom. The van der Waals surface area contributed by atoms with Crippen molar-refractivity contribution in [3.8, 4) is 0 Å². The lowest BCUT2D eigenvalue weighted by Crippen LogP contribution is -2.43. The van der Waals surface area contributed by atoms with Crippen molar-refractivity contribution in [3.05, 3.63) is 0 Å². The van der Waals surface area contributed by atoms with Crippen LogP contribution in [-0.2, 0) is 19.6 Å². The maximum Gasteiger partial charge on any atom is 0.306 e. The maximum atomic E-state index is 12.3. The summed E-state index contributed by atoms with van der Waals surface area (Å²) < 4.78 is 30.9. The van der Waals surface area contributed by atoms with Crippen LogP contribution in [0.1, 0.15) is 33.1 Å². The van der Waals surface area contributed by atoms with E-state index in [2.05, 4.69) is 5.32 Å². The van der Waals surface area contributed by atoms with Gasteiger partial charge in [0.25, 0.3) is 0 Å². The number of sulfonamides is 1. The fourth-order valence-corrected chi connectivity index (χ4v) is 3.97. The van der Waals surface area contributed by atoms with Crippen LogP contribution in [0.5, 0.6) is 0 Å². The number of hydrogen-bond donors (Lipinski definition) is 1. The molecule has 6 nitrogen and oxygen atoms in total. The Balaban J connectivity index is 2.62. The van der Waals surface area contributed by atoms with Crippen LogP contribution in [0.4, 0.5) is 0 Å². The van der Waals surface area contributed by atoms with Crippen molar-refractivity contribution in [2.24, 2.45) is 0 Å². The van der Waals surface area contributed by atoms with Gasteiger partial charge in [0.15, 0.2) is 0 Å². The molecule has 0 amide bonds. The molecule has 0 saturated carbocycles. The molecule has 1 atom stereocenters. The summed E-state index contributed by atoms with van der Waals surface area (Å²) in [5, 5.41) is 3.17. The third-order valence-corrected chi connectivity index (χ3v) is 5.03. The number of rotatable bonds is 8. The molecule has 0 aromatic rings. The number of esters is 1. The van der Waals surface area contributed by atoms with Crippen LogP contribution in [0.3, 0.4) is 0 Å². The van der Waals surface area contributed by atoms with E-state index < -0.39 is 16.0 Å². The molecule has 1 N–H and O–H groups in total. The minimum absolute atomic E-state index is 0.0205. The molecule has 1 aliphatic rings. The van der Waals surface area contributed by atoms with Crippen molar-refractivity contribution < 1.29 is 17.9 Å². The third kappa shape index (κ3) is 5.08. The van der Waals surface area contributed by atoms with Crippen molar-refractivity contribution in [3.63, 3.8) is 0 Å². The average Bonchev–Trinajstić information content (AvgIpc) is 2.87. The highest BCUT2D eigenvalue weighted by molar-refractivity contribution is 7.89. The quantitative estimate of drug-likeness (QED) is 0.653. The van der Waals surface area contributed by atoms with Gasteiger partial charge in [-0.05, 0) is 26.3 Å². The summed E-state index contributed by atoms with van der Waals surface area (Å²) in [5.74, 6) is -0.616. The lowest BCUT2D eigenvalue weighted by atomic mass is 10.2. The topological polar surface area (TPSA) is 75.7 Å². The van der Waals surface area contributed by atoms with E-state index in [0.29, 0.717) is 13.1 Å². The van der Waals surface area contributed by atoms with Gasteiger partial charge in [0.2, 0.25) is 10.0 Å². The molecule has 1 saturated heterocycles. The number of carbonyl (C=O) groups excluding carboxylic acids is 1. The molecule has 7 heteroatoms. The predicted octanol–water partition coefficient (Wildman–Crippen LogP) is 0.343. The first-order valence-corrected chi connectivity index (χ1v) is 8.48. The molecule has 0 aromatic heterocycles. The second-order valence-electron chi connectivity index (χ2n) is 4.63. The van der Waals surface area contributed by atoms with E-state index in [9.17, 15) is 13.2 Å². The van der Waals surface area contributed by atoms with Gasteiger partial charge in [-0.2, -0.15) is 4.31 Å². The van der Waals surface area contributed by atoms with Crippen molar-refractivity contribution in [2.75, 3.05) is 32.0 Å². The van der Waals surface area contributed by atoms with E-state index in [1.165, 1.54) is 0 Å². The lowest BCUT2D eigenvalue weighted by Gasteiger charge is -2.27. The zero-order valence-electron chi connectivity index (χ0n) is 11.7. The molecule has 0 bridgehead atoms. The van der Waals surface area contributed by atoms with Gasteiger partial charge in [0.05, 0.1) is 18.8 Å². The van der Waals surface area contributed by atoms with Gasteiger partial charge in [0.1, 0.15) is 0 Å². The summed E-state index contributed by atoms with van der Waals surface area (Å²) >= 11 is 0. The minimum atomic E-state index is -3.39. The van der Waals surface area contributed by atoms with Crippen molar-refractivity contribution in [2.45, 2.75) is 39.2 Å². The van der Waals surface area contributed by atoms with E-state index in [4.69, 9.17) is 4.74 Å². The highest BCUT2D eigenvalue weighted by Gasteiger charge is 2.31. The van der Waals surface area contributed by atoms with Gasteiger partial charge >= 0.3 is 5.97 Å². The lowest BCUT2D eigenvalue weighted by molar-refractivity contribution is -0.142. The first-order chi connectivity index (χ1) is 9.01. The van der Waals surface area contributed by atoms with Gasteiger partial charge in [-0.1, -0.05) is 6.92 Å². The molecule has 0 radical (unpaired) electrons. The van der Waals surface area contributed by atoms with E-state index in [1.54, 1.807) is 11.2 Å². The second-order valence-corrected chi connectivity index (χ2v) is 6.67. The maximum absolute atomic E-state index is 12.3. The highest BCUT2D eigenvalue weighted by atomic mass is 32.2. The summed E-state index contributed by atoms with van der Waals surface area (Å²) in [6.07, 6.45) is 1.53. The second kappa shape index (κ2) is 7.81. The molecular weight excluding hydrogens is 268 g/mol. The van der Waals surface area contributed by atoms with Crippen LogP contribution < -0.4 is 5.32 Å². The molecule has 1 heterocycles. The fourth-order valence-electron chi connectivity index (χ4n) is 2.22. The fraction of sp³-hybridized carbons (Fsp3) is 0.917. The Hall–Kier alpha value is -0.660. The summed E-state index contributed by atoms with van der Waals surface area (Å²) in [6, 6.07) is 0.0205. The molecule has 112 valence electrons. The van der Waals surface area contributed by atoms with Crippen LogP contribution >= 0.6 is 0 Å². The van der Waals surface area contributed by atoms with Crippen molar-refractivity contribution >= 4 is 16.0 Å². The normalized spacial score (nSPS) is 19.8. The van der Waals surface area contributed by atoms with Gasteiger partial charge < -0.3 is 10.1 Å². The third-order valence-electron chi connectivity index (χ3n) is 3.11. The van der Waals surface area contributed by atoms with E-state index in [-0.39, 0.29) is 24.8 Å². The van der Waals surface area contributed by atoms with Crippen LogP contribution in [-0.4, -0.2) is 56.7 Å². The summed E-state index contributed by atoms with van der Waals surface area (Å²) in [6.45, 7) is 5.99. The Morgan fingerprint density at radius 3 is 2.68 bits per heavy atom. The van der Waals surface area contributed by atoms with Crippen molar-refractivity contribution in [1.82, 2.24) is 9.62 Å². The zero-order chi connectivity index (χ0) is 14.3. The molecule has 1 aliphatic heterocycles. The number of nitrogens with one attached hydrogen (secondary N) is 1. The summed E-state index contributed by atoms with van der Waals surface area (Å²) in [4.78, 5) is 11.3. The zero-order valence-corrected chi connectivity index (χ0v) is 12.5. The average molecular weight is 292 g/mol. The largest absolute Gasteiger partial charge is 0.466 e. The Kier molecular flexibility index (Phi) is 6.74. The van der Waals surface area contributed by atoms with E-state index >= 15 is 0 Å². The highest BCUT2D eigenvalue weighted by Crippen LogP contribution is 2.15. The van der Waals surface area contributed by atoms with Gasteiger partial charge in [-0.25, -0.2) is 8.42 Å². The molecule has 1 rings (SSSR count). The smallest absolute Gasteiger partial charge is 0.306 e.